The van der Waals surface area contributed by atoms with Crippen LogP contribution >= 0.6 is 0 Å². The number of carboxylic acids is 2. The largest absolute Gasteiger partial charge is 0.478 e. The number of nitrogens with two attached hydrogens (primary N) is 2. The molecule has 0 bridgehead atoms. The molecule has 1 aromatic heterocycles. The first kappa shape index (κ1) is 20.2. The number of pyridine rings is 1. The second kappa shape index (κ2) is 7.84. The van der Waals surface area contributed by atoms with E-state index in [-0.39, 0.29) is 33.6 Å². The summed E-state index contributed by atoms with van der Waals surface area (Å²) in [5.74, 6) is -3.94. The number of amides is 2. The van der Waals surface area contributed by atoms with Crippen molar-refractivity contribution in [2.24, 2.45) is 11.5 Å². The van der Waals surface area contributed by atoms with Gasteiger partial charge in [-0.05, 0) is 30.3 Å². The summed E-state index contributed by atoms with van der Waals surface area (Å²) in [5.41, 5.74) is 11.9. The number of aromatic carboxylic acids is 2. The molecule has 0 saturated carbocycles. The van der Waals surface area contributed by atoms with E-state index < -0.39 is 23.8 Å². The van der Waals surface area contributed by atoms with Gasteiger partial charge in [0.2, 0.25) is 0 Å². The summed E-state index contributed by atoms with van der Waals surface area (Å²) in [6.45, 7) is 0. The highest BCUT2D eigenvalue weighted by Crippen LogP contribution is 2.30. The average molecular weight is 405 g/mol. The normalized spacial score (nSPS) is 10.4. The van der Waals surface area contributed by atoms with Crippen LogP contribution in [0.5, 0.6) is 0 Å². The van der Waals surface area contributed by atoms with Gasteiger partial charge in [-0.15, -0.1) is 0 Å². The Bertz CT molecular complexity index is 1090. The Labute approximate surface area is 169 Å². The number of carboxylic acid groups (broad SMARTS) is 2. The van der Waals surface area contributed by atoms with Crippen molar-refractivity contribution in [3.8, 4) is 22.5 Å². The number of carbonyl (C=O) groups is 4. The SMILES string of the molecule is NC(=O)c1cc(C(N)=O)c(-c2ccc(C(=O)O)cc2)nc1-c1ccc(C(=O)O)cc1. The molecular formula is C21H15N3O6. The van der Waals surface area contributed by atoms with Crippen LogP contribution < -0.4 is 11.5 Å². The van der Waals surface area contributed by atoms with E-state index in [0.29, 0.717) is 11.1 Å². The lowest BCUT2D eigenvalue weighted by molar-refractivity contribution is 0.0686. The van der Waals surface area contributed by atoms with Gasteiger partial charge in [-0.25, -0.2) is 14.6 Å². The molecule has 0 aliphatic rings. The average Bonchev–Trinajstić information content (AvgIpc) is 2.72. The third-order valence-electron chi connectivity index (χ3n) is 4.36. The zero-order valence-electron chi connectivity index (χ0n) is 15.3. The molecule has 0 atom stereocenters. The molecule has 3 aromatic rings. The molecule has 150 valence electrons. The van der Waals surface area contributed by atoms with E-state index in [0.717, 1.165) is 0 Å². The maximum absolute atomic E-state index is 12.0. The molecule has 0 unspecified atom stereocenters. The molecule has 30 heavy (non-hydrogen) atoms. The van der Waals surface area contributed by atoms with Crippen molar-refractivity contribution < 1.29 is 29.4 Å². The highest BCUT2D eigenvalue weighted by Gasteiger charge is 2.21. The van der Waals surface area contributed by atoms with Crippen LogP contribution in [0.1, 0.15) is 41.4 Å². The number of nitrogens with zero attached hydrogens (tertiary/aromatic N) is 1. The lowest BCUT2D eigenvalue weighted by Gasteiger charge is -2.13. The van der Waals surface area contributed by atoms with Gasteiger partial charge in [0, 0.05) is 11.1 Å². The summed E-state index contributed by atoms with van der Waals surface area (Å²) in [4.78, 5) is 50.5. The Hall–Kier alpha value is -4.53. The summed E-state index contributed by atoms with van der Waals surface area (Å²) in [7, 11) is 0. The third-order valence-corrected chi connectivity index (χ3v) is 4.36. The molecule has 2 amide bonds. The van der Waals surface area contributed by atoms with E-state index in [9.17, 15) is 19.2 Å². The van der Waals surface area contributed by atoms with Gasteiger partial charge in [0.05, 0.1) is 33.6 Å². The first-order valence-corrected chi connectivity index (χ1v) is 8.51. The van der Waals surface area contributed by atoms with Gasteiger partial charge in [-0.3, -0.25) is 9.59 Å². The van der Waals surface area contributed by atoms with E-state index in [4.69, 9.17) is 21.7 Å². The summed E-state index contributed by atoms with van der Waals surface area (Å²) in [5, 5.41) is 18.1. The first-order chi connectivity index (χ1) is 14.2. The summed E-state index contributed by atoms with van der Waals surface area (Å²) < 4.78 is 0. The molecule has 0 aliphatic heterocycles. The summed E-state index contributed by atoms with van der Waals surface area (Å²) in [6.07, 6.45) is 0. The zero-order valence-corrected chi connectivity index (χ0v) is 15.3. The highest BCUT2D eigenvalue weighted by molar-refractivity contribution is 6.05. The Kier molecular flexibility index (Phi) is 5.28. The minimum Gasteiger partial charge on any atom is -0.478 e. The Morgan fingerprint density at radius 3 is 1.23 bits per heavy atom. The molecule has 3 rings (SSSR count). The molecule has 0 spiro atoms. The Morgan fingerprint density at radius 2 is 0.967 bits per heavy atom. The number of carbonyl (C=O) groups excluding carboxylic acids is 2. The number of primary amides is 2. The number of rotatable bonds is 6. The zero-order chi connectivity index (χ0) is 22.0. The van der Waals surface area contributed by atoms with E-state index in [1.165, 1.54) is 54.6 Å². The number of aromatic nitrogens is 1. The van der Waals surface area contributed by atoms with Crippen LogP contribution in [-0.4, -0.2) is 39.0 Å². The molecule has 0 saturated heterocycles. The first-order valence-electron chi connectivity index (χ1n) is 8.51. The van der Waals surface area contributed by atoms with E-state index >= 15 is 0 Å². The summed E-state index contributed by atoms with van der Waals surface area (Å²) in [6, 6.07) is 12.4. The van der Waals surface area contributed by atoms with Gasteiger partial charge < -0.3 is 21.7 Å². The Balaban J connectivity index is 2.25. The second-order valence-corrected chi connectivity index (χ2v) is 6.27. The lowest BCUT2D eigenvalue weighted by Crippen LogP contribution is -2.19. The van der Waals surface area contributed by atoms with Crippen LogP contribution in [0.15, 0.2) is 54.6 Å². The Morgan fingerprint density at radius 1 is 0.633 bits per heavy atom. The van der Waals surface area contributed by atoms with Crippen LogP contribution in [0.25, 0.3) is 22.5 Å². The number of hydrogen-bond donors (Lipinski definition) is 4. The maximum atomic E-state index is 12.0. The molecule has 1 heterocycles. The van der Waals surface area contributed by atoms with Crippen LogP contribution in [0.3, 0.4) is 0 Å². The molecule has 0 radical (unpaired) electrons. The van der Waals surface area contributed by atoms with Crippen molar-refractivity contribution in [1.82, 2.24) is 4.98 Å². The van der Waals surface area contributed by atoms with Gasteiger partial charge in [0.15, 0.2) is 0 Å². The lowest BCUT2D eigenvalue weighted by atomic mass is 9.97. The molecule has 9 heteroatoms. The fraction of sp³-hybridized carbons (Fsp3) is 0. The van der Waals surface area contributed by atoms with Crippen LogP contribution in [0.2, 0.25) is 0 Å². The van der Waals surface area contributed by atoms with Crippen molar-refractivity contribution in [3.63, 3.8) is 0 Å². The van der Waals surface area contributed by atoms with Crippen molar-refractivity contribution in [3.05, 3.63) is 76.9 Å². The smallest absolute Gasteiger partial charge is 0.335 e. The highest BCUT2D eigenvalue weighted by atomic mass is 16.4. The van der Waals surface area contributed by atoms with Gasteiger partial charge in [-0.2, -0.15) is 0 Å². The maximum Gasteiger partial charge on any atom is 0.335 e. The standard InChI is InChI=1S/C21H15N3O6/c22-18(25)14-9-15(19(23)26)17(11-3-7-13(8-4-11)21(29)30)24-16(14)10-1-5-12(6-2-10)20(27)28/h1-9H,(H2,22,25)(H2,23,26)(H,27,28)(H,29,30). The number of benzene rings is 2. The third kappa shape index (κ3) is 3.85. The van der Waals surface area contributed by atoms with Crippen molar-refractivity contribution in [2.45, 2.75) is 0 Å². The second-order valence-electron chi connectivity index (χ2n) is 6.27. The molecule has 0 fully saturated rings. The molecular weight excluding hydrogens is 390 g/mol. The fourth-order valence-corrected chi connectivity index (χ4v) is 2.87. The van der Waals surface area contributed by atoms with Crippen LogP contribution in [0, 0.1) is 0 Å². The van der Waals surface area contributed by atoms with Crippen molar-refractivity contribution in [1.29, 1.82) is 0 Å². The predicted molar refractivity (Wildman–Crippen MR) is 106 cm³/mol. The minimum absolute atomic E-state index is 0.0395. The van der Waals surface area contributed by atoms with Crippen LogP contribution in [-0.2, 0) is 0 Å². The monoisotopic (exact) mass is 405 g/mol. The van der Waals surface area contributed by atoms with Gasteiger partial charge in [-0.1, -0.05) is 24.3 Å². The topological polar surface area (TPSA) is 174 Å². The molecule has 0 aliphatic carbocycles. The quantitative estimate of drug-likeness (QED) is 0.485. The van der Waals surface area contributed by atoms with Crippen molar-refractivity contribution >= 4 is 23.8 Å². The van der Waals surface area contributed by atoms with E-state index in [1.54, 1.807) is 0 Å². The summed E-state index contributed by atoms with van der Waals surface area (Å²) >= 11 is 0. The van der Waals surface area contributed by atoms with E-state index in [1.807, 2.05) is 0 Å². The fourth-order valence-electron chi connectivity index (χ4n) is 2.87. The van der Waals surface area contributed by atoms with Gasteiger partial charge in [0.1, 0.15) is 0 Å². The molecule has 6 N–H and O–H groups in total. The minimum atomic E-state index is -1.12. The predicted octanol–water partition coefficient (Wildman–Crippen LogP) is 2.01. The van der Waals surface area contributed by atoms with Gasteiger partial charge in [0.25, 0.3) is 11.8 Å². The van der Waals surface area contributed by atoms with Crippen LogP contribution in [0.4, 0.5) is 0 Å². The van der Waals surface area contributed by atoms with Gasteiger partial charge >= 0.3 is 11.9 Å². The molecule has 2 aromatic carbocycles. The molecule has 9 nitrogen and oxygen atoms in total. The number of hydrogen-bond acceptors (Lipinski definition) is 5. The van der Waals surface area contributed by atoms with Crippen molar-refractivity contribution in [2.75, 3.05) is 0 Å². The van der Waals surface area contributed by atoms with E-state index in [2.05, 4.69) is 4.98 Å².